The van der Waals surface area contributed by atoms with Gasteiger partial charge in [-0.25, -0.2) is 9.48 Å². The Bertz CT molecular complexity index is 1170. The third-order valence-electron chi connectivity index (χ3n) is 5.57. The molecule has 7 nitrogen and oxygen atoms in total. The predicted octanol–water partition coefficient (Wildman–Crippen LogP) is 5.67. The van der Waals surface area contributed by atoms with Crippen LogP contribution in [0.2, 0.25) is 0 Å². The van der Waals surface area contributed by atoms with Crippen LogP contribution in [0.4, 0.5) is 16.3 Å². The van der Waals surface area contributed by atoms with Crippen molar-refractivity contribution >= 4 is 23.4 Å². The minimum absolute atomic E-state index is 0.168. The van der Waals surface area contributed by atoms with Crippen LogP contribution in [-0.2, 0) is 10.2 Å². The van der Waals surface area contributed by atoms with Crippen LogP contribution in [0.5, 0.6) is 0 Å². The zero-order valence-electron chi connectivity index (χ0n) is 21.1. The maximum absolute atomic E-state index is 12.7. The monoisotopic (exact) mass is 461 g/mol. The van der Waals surface area contributed by atoms with Crippen molar-refractivity contribution in [3.63, 3.8) is 0 Å². The molecule has 7 heteroatoms. The van der Waals surface area contributed by atoms with Crippen molar-refractivity contribution in [1.29, 1.82) is 0 Å². The van der Waals surface area contributed by atoms with Gasteiger partial charge in [0.05, 0.1) is 17.9 Å². The third-order valence-corrected chi connectivity index (χ3v) is 5.57. The van der Waals surface area contributed by atoms with E-state index in [2.05, 4.69) is 56.6 Å². The van der Waals surface area contributed by atoms with Gasteiger partial charge < -0.3 is 16.0 Å². The van der Waals surface area contributed by atoms with E-state index in [-0.39, 0.29) is 17.9 Å². The van der Waals surface area contributed by atoms with E-state index in [0.717, 1.165) is 22.5 Å². The number of rotatable bonds is 6. The molecule has 1 heterocycles. The first-order chi connectivity index (χ1) is 15.9. The zero-order valence-corrected chi connectivity index (χ0v) is 21.1. The smallest absolute Gasteiger partial charge is 0.319 e. The Morgan fingerprint density at radius 3 is 2.24 bits per heavy atom. The number of hydrogen-bond donors (Lipinski definition) is 3. The quantitative estimate of drug-likeness (QED) is 0.442. The minimum Gasteiger partial charge on any atom is -0.329 e. The maximum atomic E-state index is 12.7. The van der Waals surface area contributed by atoms with Crippen molar-refractivity contribution in [1.82, 2.24) is 15.1 Å². The van der Waals surface area contributed by atoms with Gasteiger partial charge in [-0.1, -0.05) is 64.4 Å². The number of nitrogens with one attached hydrogen (secondary N) is 3. The summed E-state index contributed by atoms with van der Waals surface area (Å²) >= 11 is 0. The van der Waals surface area contributed by atoms with E-state index in [9.17, 15) is 9.59 Å². The van der Waals surface area contributed by atoms with Crippen molar-refractivity contribution in [3.8, 4) is 5.69 Å². The molecule has 0 saturated carbocycles. The number of nitrogens with zero attached hydrogens (tertiary/aromatic N) is 2. The molecule has 1 aromatic heterocycles. The number of carbonyl (C=O) groups is 2. The van der Waals surface area contributed by atoms with E-state index >= 15 is 0 Å². The molecule has 3 aromatic rings. The fourth-order valence-electron chi connectivity index (χ4n) is 3.54. The summed E-state index contributed by atoms with van der Waals surface area (Å²) in [5.41, 5.74) is 5.65. The van der Waals surface area contributed by atoms with Crippen molar-refractivity contribution in [2.75, 3.05) is 17.2 Å². The van der Waals surface area contributed by atoms with Gasteiger partial charge in [0.2, 0.25) is 5.91 Å². The normalized spacial score (nSPS) is 11.4. The van der Waals surface area contributed by atoms with E-state index in [4.69, 9.17) is 5.10 Å². The molecule has 0 aliphatic rings. The second-order valence-electron chi connectivity index (χ2n) is 10.00. The van der Waals surface area contributed by atoms with Gasteiger partial charge in [-0.2, -0.15) is 5.10 Å². The maximum Gasteiger partial charge on any atom is 0.319 e. The molecular weight excluding hydrogens is 426 g/mol. The van der Waals surface area contributed by atoms with Crippen LogP contribution in [0.25, 0.3) is 5.69 Å². The summed E-state index contributed by atoms with van der Waals surface area (Å²) in [5, 5.41) is 13.0. The summed E-state index contributed by atoms with van der Waals surface area (Å²) in [6.45, 7) is 14.4. The highest BCUT2D eigenvalue weighted by molar-refractivity contribution is 5.96. The molecule has 0 aliphatic heterocycles. The van der Waals surface area contributed by atoms with Gasteiger partial charge >= 0.3 is 6.03 Å². The molecule has 0 radical (unpaired) electrons. The second kappa shape index (κ2) is 10.1. The standard InChI is InChI=1S/C27H35N5O2/c1-17(2)20-9-11-21(12-10-20)29-26(34)28-16-25(33)30-24-15-23(27(5,6)7)31-32(24)22-13-8-18(3)14-19(22)4/h8-15,17H,16H2,1-7H3,(H,30,33)(H2,28,29,34). The zero-order chi connectivity index (χ0) is 25.0. The largest absolute Gasteiger partial charge is 0.329 e. The average Bonchev–Trinajstić information content (AvgIpc) is 3.16. The van der Waals surface area contributed by atoms with Crippen molar-refractivity contribution in [2.45, 2.75) is 59.8 Å². The SMILES string of the molecule is Cc1ccc(-n2nc(C(C)(C)C)cc2NC(=O)CNC(=O)Nc2ccc(C(C)C)cc2)c(C)c1. The van der Waals surface area contributed by atoms with Crippen LogP contribution in [0, 0.1) is 13.8 Å². The highest BCUT2D eigenvalue weighted by Crippen LogP contribution is 2.27. The van der Waals surface area contributed by atoms with E-state index in [1.165, 1.54) is 5.56 Å². The summed E-state index contributed by atoms with van der Waals surface area (Å²) in [4.78, 5) is 24.9. The van der Waals surface area contributed by atoms with Gasteiger partial charge in [-0.15, -0.1) is 0 Å². The predicted molar refractivity (Wildman–Crippen MR) is 138 cm³/mol. The molecule has 0 bridgehead atoms. The van der Waals surface area contributed by atoms with Crippen LogP contribution >= 0.6 is 0 Å². The summed E-state index contributed by atoms with van der Waals surface area (Å²) in [5.74, 6) is 0.646. The Hall–Kier alpha value is -3.61. The van der Waals surface area contributed by atoms with Gasteiger partial charge in [0.25, 0.3) is 0 Å². The van der Waals surface area contributed by atoms with Gasteiger partial charge in [0.1, 0.15) is 5.82 Å². The Morgan fingerprint density at radius 2 is 1.65 bits per heavy atom. The van der Waals surface area contributed by atoms with E-state index in [1.807, 2.05) is 56.3 Å². The lowest BCUT2D eigenvalue weighted by Crippen LogP contribution is -2.36. The number of anilines is 2. The molecule has 0 fully saturated rings. The number of aryl methyl sites for hydroxylation is 2. The lowest BCUT2D eigenvalue weighted by atomic mass is 9.92. The first-order valence-electron chi connectivity index (χ1n) is 11.6. The third kappa shape index (κ3) is 6.25. The number of urea groups is 1. The number of carbonyl (C=O) groups excluding carboxylic acids is 2. The molecule has 3 N–H and O–H groups in total. The van der Waals surface area contributed by atoms with Crippen molar-refractivity contribution in [2.24, 2.45) is 0 Å². The Balaban J connectivity index is 1.69. The first kappa shape index (κ1) is 25.0. The molecule has 0 saturated heterocycles. The topological polar surface area (TPSA) is 88.1 Å². The Kier molecular flexibility index (Phi) is 7.44. The van der Waals surface area contributed by atoms with Gasteiger partial charge in [-0.05, 0) is 49.1 Å². The van der Waals surface area contributed by atoms with Crippen molar-refractivity contribution in [3.05, 3.63) is 70.9 Å². The molecule has 34 heavy (non-hydrogen) atoms. The number of hydrogen-bond acceptors (Lipinski definition) is 3. The lowest BCUT2D eigenvalue weighted by molar-refractivity contribution is -0.115. The molecule has 3 rings (SSSR count). The summed E-state index contributed by atoms with van der Waals surface area (Å²) < 4.78 is 1.75. The van der Waals surface area contributed by atoms with Crippen LogP contribution in [-0.4, -0.2) is 28.3 Å². The fraction of sp³-hybridized carbons (Fsp3) is 0.370. The van der Waals surface area contributed by atoms with E-state index < -0.39 is 6.03 Å². The molecular formula is C27H35N5O2. The molecule has 0 atom stereocenters. The van der Waals surface area contributed by atoms with Gasteiger partial charge in [-0.3, -0.25) is 4.79 Å². The molecule has 3 amide bonds. The number of benzene rings is 2. The Morgan fingerprint density at radius 1 is 0.971 bits per heavy atom. The first-order valence-corrected chi connectivity index (χ1v) is 11.6. The highest BCUT2D eigenvalue weighted by Gasteiger charge is 2.22. The molecule has 180 valence electrons. The Labute approximate surface area is 202 Å². The van der Waals surface area contributed by atoms with Gasteiger partial charge in [0, 0.05) is 17.2 Å². The molecule has 0 spiro atoms. The summed E-state index contributed by atoms with van der Waals surface area (Å²) in [7, 11) is 0. The van der Waals surface area contributed by atoms with Crippen molar-refractivity contribution < 1.29 is 9.59 Å². The lowest BCUT2D eigenvalue weighted by Gasteiger charge is -2.14. The number of aromatic nitrogens is 2. The molecule has 0 aliphatic carbocycles. The fourth-order valence-corrected chi connectivity index (χ4v) is 3.54. The summed E-state index contributed by atoms with van der Waals surface area (Å²) in [6, 6.07) is 15.2. The molecule has 0 unspecified atom stereocenters. The van der Waals surface area contributed by atoms with Crippen LogP contribution in [0.15, 0.2) is 48.5 Å². The van der Waals surface area contributed by atoms with Gasteiger partial charge in [0.15, 0.2) is 0 Å². The average molecular weight is 462 g/mol. The second-order valence-corrected chi connectivity index (χ2v) is 10.00. The van der Waals surface area contributed by atoms with Crippen LogP contribution in [0.1, 0.15) is 62.9 Å². The summed E-state index contributed by atoms with van der Waals surface area (Å²) in [6.07, 6.45) is 0. The van der Waals surface area contributed by atoms with Crippen LogP contribution in [0.3, 0.4) is 0 Å². The van der Waals surface area contributed by atoms with E-state index in [1.54, 1.807) is 4.68 Å². The minimum atomic E-state index is -0.439. The number of amides is 3. The van der Waals surface area contributed by atoms with E-state index in [0.29, 0.717) is 17.4 Å². The van der Waals surface area contributed by atoms with Crippen LogP contribution < -0.4 is 16.0 Å². The highest BCUT2D eigenvalue weighted by atomic mass is 16.2. The molecule has 2 aromatic carbocycles.